The molecule has 0 bridgehead atoms. The standard InChI is InChI=1S/C17H25N3O2/c1-11(2)14-8-13(17(21)22)9-15-12(4-6-19)10-20(16(14)15)7-3-5-18/h8-11H,3-7,18-19H2,1-2H3,(H,21,22). The van der Waals surface area contributed by atoms with E-state index in [4.69, 9.17) is 11.5 Å². The summed E-state index contributed by atoms with van der Waals surface area (Å²) in [6.07, 6.45) is 3.74. The molecular formula is C17H25N3O2. The largest absolute Gasteiger partial charge is 0.478 e. The SMILES string of the molecule is CC(C)c1cc(C(=O)O)cc2c(CCN)cn(CCCN)c12. The van der Waals surface area contributed by atoms with Crippen LogP contribution in [0.2, 0.25) is 0 Å². The summed E-state index contributed by atoms with van der Waals surface area (Å²) in [5, 5.41) is 10.4. The maximum atomic E-state index is 11.4. The molecule has 0 radical (unpaired) electrons. The number of aryl methyl sites for hydroxylation is 1. The van der Waals surface area contributed by atoms with Gasteiger partial charge in [-0.25, -0.2) is 4.79 Å². The number of carboxylic acid groups (broad SMARTS) is 1. The molecule has 5 heteroatoms. The normalized spacial score (nSPS) is 11.5. The van der Waals surface area contributed by atoms with Crippen LogP contribution < -0.4 is 11.5 Å². The van der Waals surface area contributed by atoms with Gasteiger partial charge < -0.3 is 21.1 Å². The minimum atomic E-state index is -0.891. The van der Waals surface area contributed by atoms with Gasteiger partial charge in [0.05, 0.1) is 11.1 Å². The first-order valence-corrected chi connectivity index (χ1v) is 7.78. The van der Waals surface area contributed by atoms with E-state index in [-0.39, 0.29) is 5.92 Å². The number of nitrogens with zero attached hydrogens (tertiary/aromatic N) is 1. The van der Waals surface area contributed by atoms with Crippen LogP contribution in [0.15, 0.2) is 18.3 Å². The Labute approximate surface area is 130 Å². The number of aromatic carboxylic acids is 1. The predicted octanol–water partition coefficient (Wildman–Crippen LogP) is 2.31. The molecule has 5 nitrogen and oxygen atoms in total. The van der Waals surface area contributed by atoms with Gasteiger partial charge in [0.25, 0.3) is 0 Å². The Bertz CT molecular complexity index is 674. The van der Waals surface area contributed by atoms with Crippen molar-refractivity contribution in [3.05, 3.63) is 35.0 Å². The van der Waals surface area contributed by atoms with Gasteiger partial charge in [-0.2, -0.15) is 0 Å². The number of carbonyl (C=O) groups is 1. The molecule has 0 atom stereocenters. The van der Waals surface area contributed by atoms with Gasteiger partial charge in [0.1, 0.15) is 0 Å². The van der Waals surface area contributed by atoms with Crippen LogP contribution in [0.25, 0.3) is 10.9 Å². The number of fused-ring (bicyclic) bond motifs is 1. The zero-order valence-corrected chi connectivity index (χ0v) is 13.3. The third kappa shape index (κ3) is 3.15. The van der Waals surface area contributed by atoms with Gasteiger partial charge in [-0.15, -0.1) is 0 Å². The number of hydrogen-bond acceptors (Lipinski definition) is 3. The molecule has 0 amide bonds. The van der Waals surface area contributed by atoms with Gasteiger partial charge in [0.15, 0.2) is 0 Å². The molecule has 0 spiro atoms. The first kappa shape index (κ1) is 16.5. The minimum absolute atomic E-state index is 0.249. The average molecular weight is 303 g/mol. The average Bonchev–Trinajstić information content (AvgIpc) is 2.82. The number of rotatable bonds is 7. The Balaban J connectivity index is 2.72. The molecule has 1 heterocycles. The molecule has 22 heavy (non-hydrogen) atoms. The van der Waals surface area contributed by atoms with Crippen molar-refractivity contribution in [3.63, 3.8) is 0 Å². The van der Waals surface area contributed by atoms with E-state index < -0.39 is 5.97 Å². The Morgan fingerprint density at radius 2 is 2.00 bits per heavy atom. The van der Waals surface area contributed by atoms with Crippen molar-refractivity contribution < 1.29 is 9.90 Å². The van der Waals surface area contributed by atoms with Crippen molar-refractivity contribution in [2.24, 2.45) is 11.5 Å². The van der Waals surface area contributed by atoms with E-state index in [1.54, 1.807) is 12.1 Å². The highest BCUT2D eigenvalue weighted by Crippen LogP contribution is 2.31. The highest BCUT2D eigenvalue weighted by molar-refractivity contribution is 5.97. The monoisotopic (exact) mass is 303 g/mol. The topological polar surface area (TPSA) is 94.3 Å². The Hall–Kier alpha value is -1.85. The van der Waals surface area contributed by atoms with E-state index in [0.717, 1.165) is 41.4 Å². The fourth-order valence-corrected chi connectivity index (χ4v) is 2.90. The maximum absolute atomic E-state index is 11.4. The molecule has 0 aliphatic heterocycles. The molecular weight excluding hydrogens is 278 g/mol. The molecule has 0 fully saturated rings. The Morgan fingerprint density at radius 3 is 2.55 bits per heavy atom. The lowest BCUT2D eigenvalue weighted by Crippen LogP contribution is -2.07. The molecule has 1 aromatic carbocycles. The first-order chi connectivity index (χ1) is 10.5. The van der Waals surface area contributed by atoms with Crippen LogP contribution in [0.1, 0.15) is 47.7 Å². The van der Waals surface area contributed by atoms with E-state index in [0.29, 0.717) is 18.7 Å². The molecule has 0 aliphatic carbocycles. The van der Waals surface area contributed by atoms with Gasteiger partial charge in [-0.05, 0) is 55.1 Å². The molecule has 5 N–H and O–H groups in total. The summed E-state index contributed by atoms with van der Waals surface area (Å²) in [7, 11) is 0. The number of nitrogens with two attached hydrogens (primary N) is 2. The minimum Gasteiger partial charge on any atom is -0.478 e. The van der Waals surface area contributed by atoms with Gasteiger partial charge in [-0.1, -0.05) is 13.8 Å². The van der Waals surface area contributed by atoms with Crippen LogP contribution >= 0.6 is 0 Å². The molecule has 2 rings (SSSR count). The molecule has 2 aromatic rings. The zero-order chi connectivity index (χ0) is 16.3. The third-order valence-corrected chi connectivity index (χ3v) is 3.97. The predicted molar refractivity (Wildman–Crippen MR) is 89.4 cm³/mol. The van der Waals surface area contributed by atoms with Crippen LogP contribution in [0.5, 0.6) is 0 Å². The third-order valence-electron chi connectivity index (χ3n) is 3.97. The van der Waals surface area contributed by atoms with Crippen molar-refractivity contribution in [1.82, 2.24) is 4.57 Å². The summed E-state index contributed by atoms with van der Waals surface area (Å²) in [5.74, 6) is -0.642. The summed E-state index contributed by atoms with van der Waals surface area (Å²) in [5.41, 5.74) is 15.0. The van der Waals surface area contributed by atoms with Gasteiger partial charge in [-0.3, -0.25) is 0 Å². The lowest BCUT2D eigenvalue weighted by atomic mass is 9.96. The number of carboxylic acids is 1. The van der Waals surface area contributed by atoms with Crippen LogP contribution in [0.3, 0.4) is 0 Å². The van der Waals surface area contributed by atoms with E-state index in [1.165, 1.54) is 0 Å². The lowest BCUT2D eigenvalue weighted by molar-refractivity contribution is 0.0697. The molecule has 0 aliphatic rings. The van der Waals surface area contributed by atoms with Crippen LogP contribution in [0.4, 0.5) is 0 Å². The first-order valence-electron chi connectivity index (χ1n) is 7.78. The Morgan fingerprint density at radius 1 is 1.27 bits per heavy atom. The quantitative estimate of drug-likeness (QED) is 0.731. The van der Waals surface area contributed by atoms with E-state index >= 15 is 0 Å². The van der Waals surface area contributed by atoms with Gasteiger partial charge >= 0.3 is 5.97 Å². The van der Waals surface area contributed by atoms with Crippen molar-refractivity contribution in [1.29, 1.82) is 0 Å². The van der Waals surface area contributed by atoms with Crippen LogP contribution in [-0.2, 0) is 13.0 Å². The summed E-state index contributed by atoms with van der Waals surface area (Å²) in [6.45, 7) is 6.19. The second-order valence-electron chi connectivity index (χ2n) is 5.95. The maximum Gasteiger partial charge on any atom is 0.335 e. The summed E-state index contributed by atoms with van der Waals surface area (Å²) in [4.78, 5) is 11.4. The molecule has 120 valence electrons. The van der Waals surface area contributed by atoms with Crippen molar-refractivity contribution in [2.75, 3.05) is 13.1 Å². The van der Waals surface area contributed by atoms with Gasteiger partial charge in [0, 0.05) is 18.1 Å². The second kappa shape index (κ2) is 6.94. The second-order valence-corrected chi connectivity index (χ2v) is 5.95. The number of aromatic nitrogens is 1. The van der Waals surface area contributed by atoms with E-state index in [9.17, 15) is 9.90 Å². The highest BCUT2D eigenvalue weighted by atomic mass is 16.4. The molecule has 1 aromatic heterocycles. The van der Waals surface area contributed by atoms with E-state index in [1.807, 2.05) is 0 Å². The van der Waals surface area contributed by atoms with Crippen molar-refractivity contribution >= 4 is 16.9 Å². The number of hydrogen-bond donors (Lipinski definition) is 3. The van der Waals surface area contributed by atoms with Crippen LogP contribution in [0, 0.1) is 0 Å². The van der Waals surface area contributed by atoms with E-state index in [2.05, 4.69) is 24.6 Å². The molecule has 0 saturated heterocycles. The summed E-state index contributed by atoms with van der Waals surface area (Å²) >= 11 is 0. The lowest BCUT2D eigenvalue weighted by Gasteiger charge is -2.13. The summed E-state index contributed by atoms with van der Waals surface area (Å²) < 4.78 is 2.20. The van der Waals surface area contributed by atoms with Gasteiger partial charge in [0.2, 0.25) is 0 Å². The summed E-state index contributed by atoms with van der Waals surface area (Å²) in [6, 6.07) is 3.56. The highest BCUT2D eigenvalue weighted by Gasteiger charge is 2.17. The van der Waals surface area contributed by atoms with Crippen molar-refractivity contribution in [3.8, 4) is 0 Å². The zero-order valence-electron chi connectivity index (χ0n) is 13.3. The Kier molecular flexibility index (Phi) is 5.21. The molecule has 0 saturated carbocycles. The number of benzene rings is 1. The fourth-order valence-electron chi connectivity index (χ4n) is 2.90. The van der Waals surface area contributed by atoms with Crippen molar-refractivity contribution in [2.45, 2.75) is 39.2 Å². The van der Waals surface area contributed by atoms with Crippen LogP contribution in [-0.4, -0.2) is 28.7 Å². The molecule has 0 unspecified atom stereocenters. The fraction of sp³-hybridized carbons (Fsp3) is 0.471. The smallest absolute Gasteiger partial charge is 0.335 e.